The smallest absolute Gasteiger partial charge is 0.304 e. The van der Waals surface area contributed by atoms with Gasteiger partial charge in [0.05, 0.1) is 13.0 Å². The first-order valence-electron chi connectivity index (χ1n) is 4.99. The van der Waals surface area contributed by atoms with Crippen molar-refractivity contribution in [2.45, 2.75) is 20.3 Å². The van der Waals surface area contributed by atoms with Crippen molar-refractivity contribution in [1.29, 1.82) is 0 Å². The monoisotopic (exact) mass is 203 g/mol. The topological polar surface area (TPSA) is 49.8 Å². The van der Waals surface area contributed by atoms with Gasteiger partial charge in [-0.1, -0.05) is 13.8 Å². The number of hydrogen-bond acceptors (Lipinski definition) is 3. The molecule has 0 atom stereocenters. The Morgan fingerprint density at radius 1 is 1.43 bits per heavy atom. The van der Waals surface area contributed by atoms with Crippen molar-refractivity contribution in [3.8, 4) is 0 Å². The predicted molar refractivity (Wildman–Crippen MR) is 55.4 cm³/mol. The molecular weight excluding hydrogens is 182 g/mol. The maximum Gasteiger partial charge on any atom is 0.304 e. The molecule has 0 aromatic carbocycles. The van der Waals surface area contributed by atoms with Crippen LogP contribution >= 0.6 is 0 Å². The highest BCUT2D eigenvalue weighted by Crippen LogP contribution is 1.99. The lowest BCUT2D eigenvalue weighted by Gasteiger charge is -2.22. The van der Waals surface area contributed by atoms with Crippen molar-refractivity contribution in [1.82, 2.24) is 4.90 Å². The molecule has 14 heavy (non-hydrogen) atoms. The van der Waals surface area contributed by atoms with Gasteiger partial charge in [0.1, 0.15) is 0 Å². The third-order valence-corrected chi connectivity index (χ3v) is 1.88. The molecule has 0 aromatic heterocycles. The van der Waals surface area contributed by atoms with E-state index in [2.05, 4.69) is 18.7 Å². The van der Waals surface area contributed by atoms with Gasteiger partial charge in [0.15, 0.2) is 0 Å². The molecule has 0 spiro atoms. The van der Waals surface area contributed by atoms with Crippen LogP contribution in [0, 0.1) is 5.92 Å². The molecule has 1 N–H and O–H groups in total. The number of ether oxygens (including phenoxy) is 1. The van der Waals surface area contributed by atoms with Crippen LogP contribution < -0.4 is 0 Å². The standard InChI is InChI=1S/C10H21NO3/c1-9(2)8-11(6-7-14-3)5-4-10(12)13/h9H,4-8H2,1-3H3,(H,12,13). The van der Waals surface area contributed by atoms with Crippen LogP contribution in [0.3, 0.4) is 0 Å². The van der Waals surface area contributed by atoms with Crippen LogP contribution in [0.2, 0.25) is 0 Å². The summed E-state index contributed by atoms with van der Waals surface area (Å²) in [4.78, 5) is 12.5. The molecule has 0 saturated carbocycles. The largest absolute Gasteiger partial charge is 0.481 e. The summed E-state index contributed by atoms with van der Waals surface area (Å²) in [5.41, 5.74) is 0. The molecule has 0 aliphatic rings. The van der Waals surface area contributed by atoms with Crippen LogP contribution in [0.5, 0.6) is 0 Å². The van der Waals surface area contributed by atoms with E-state index in [1.54, 1.807) is 7.11 Å². The Kier molecular flexibility index (Phi) is 7.42. The van der Waals surface area contributed by atoms with Crippen molar-refractivity contribution < 1.29 is 14.6 Å². The summed E-state index contributed by atoms with van der Waals surface area (Å²) >= 11 is 0. The van der Waals surface area contributed by atoms with E-state index in [9.17, 15) is 4.79 Å². The molecule has 0 unspecified atom stereocenters. The van der Waals surface area contributed by atoms with E-state index in [0.29, 0.717) is 19.1 Å². The lowest BCUT2D eigenvalue weighted by Crippen LogP contribution is -2.32. The van der Waals surface area contributed by atoms with E-state index >= 15 is 0 Å². The Morgan fingerprint density at radius 2 is 2.07 bits per heavy atom. The van der Waals surface area contributed by atoms with E-state index in [1.165, 1.54) is 0 Å². The van der Waals surface area contributed by atoms with Gasteiger partial charge in [-0.2, -0.15) is 0 Å². The molecule has 0 aliphatic heterocycles. The number of rotatable bonds is 8. The lowest BCUT2D eigenvalue weighted by molar-refractivity contribution is -0.137. The van der Waals surface area contributed by atoms with Gasteiger partial charge in [-0.25, -0.2) is 0 Å². The van der Waals surface area contributed by atoms with Crippen molar-refractivity contribution in [3.63, 3.8) is 0 Å². The number of nitrogens with zero attached hydrogens (tertiary/aromatic N) is 1. The zero-order chi connectivity index (χ0) is 11.0. The molecule has 0 radical (unpaired) electrons. The third-order valence-electron chi connectivity index (χ3n) is 1.88. The second-order valence-electron chi connectivity index (χ2n) is 3.83. The van der Waals surface area contributed by atoms with E-state index in [0.717, 1.165) is 13.1 Å². The van der Waals surface area contributed by atoms with Gasteiger partial charge in [0.2, 0.25) is 0 Å². The zero-order valence-electron chi connectivity index (χ0n) is 9.32. The summed E-state index contributed by atoms with van der Waals surface area (Å²) in [7, 11) is 1.66. The molecule has 0 amide bonds. The van der Waals surface area contributed by atoms with Gasteiger partial charge in [-0.3, -0.25) is 4.79 Å². The summed E-state index contributed by atoms with van der Waals surface area (Å²) in [5.74, 6) is -0.183. The van der Waals surface area contributed by atoms with Gasteiger partial charge in [-0.05, 0) is 5.92 Å². The first kappa shape index (κ1) is 13.4. The van der Waals surface area contributed by atoms with Gasteiger partial charge < -0.3 is 14.7 Å². The fraction of sp³-hybridized carbons (Fsp3) is 0.900. The maximum absolute atomic E-state index is 10.4. The lowest BCUT2D eigenvalue weighted by atomic mass is 10.2. The summed E-state index contributed by atoms with van der Waals surface area (Å²) < 4.78 is 4.97. The molecule has 4 heteroatoms. The van der Waals surface area contributed by atoms with Gasteiger partial charge >= 0.3 is 5.97 Å². The van der Waals surface area contributed by atoms with Gasteiger partial charge in [-0.15, -0.1) is 0 Å². The average molecular weight is 203 g/mol. The second-order valence-corrected chi connectivity index (χ2v) is 3.83. The molecule has 0 saturated heterocycles. The highest BCUT2D eigenvalue weighted by Gasteiger charge is 2.08. The molecule has 0 bridgehead atoms. The Balaban J connectivity index is 3.77. The van der Waals surface area contributed by atoms with E-state index < -0.39 is 5.97 Å². The number of carboxylic acid groups (broad SMARTS) is 1. The van der Waals surface area contributed by atoms with Crippen LogP contribution in [0.1, 0.15) is 20.3 Å². The van der Waals surface area contributed by atoms with Crippen LogP contribution in [0.4, 0.5) is 0 Å². The van der Waals surface area contributed by atoms with E-state index in [4.69, 9.17) is 9.84 Å². The Hall–Kier alpha value is -0.610. The van der Waals surface area contributed by atoms with Crippen LogP contribution in [-0.2, 0) is 9.53 Å². The summed E-state index contributed by atoms with van der Waals surface area (Å²) in [5, 5.41) is 8.56. The number of carbonyl (C=O) groups is 1. The Morgan fingerprint density at radius 3 is 2.50 bits per heavy atom. The van der Waals surface area contributed by atoms with Crippen molar-refractivity contribution >= 4 is 5.97 Å². The van der Waals surface area contributed by atoms with E-state index in [1.807, 2.05) is 0 Å². The number of hydrogen-bond donors (Lipinski definition) is 1. The number of methoxy groups -OCH3 is 1. The predicted octanol–water partition coefficient (Wildman–Crippen LogP) is 1.07. The summed E-state index contributed by atoms with van der Waals surface area (Å²) in [6.45, 7) is 7.25. The minimum absolute atomic E-state index is 0.205. The van der Waals surface area contributed by atoms with Crippen molar-refractivity contribution in [2.75, 3.05) is 33.4 Å². The Bertz CT molecular complexity index is 159. The van der Waals surface area contributed by atoms with Crippen LogP contribution in [-0.4, -0.2) is 49.3 Å². The molecule has 0 fully saturated rings. The minimum Gasteiger partial charge on any atom is -0.481 e. The molecule has 0 heterocycles. The zero-order valence-corrected chi connectivity index (χ0v) is 9.32. The number of aliphatic carboxylic acids is 1. The molecule has 4 nitrogen and oxygen atoms in total. The second kappa shape index (κ2) is 7.76. The first-order valence-corrected chi connectivity index (χ1v) is 4.99. The SMILES string of the molecule is COCCN(CCC(=O)O)CC(C)C. The normalized spacial score (nSPS) is 11.2. The third kappa shape index (κ3) is 8.01. The summed E-state index contributed by atoms with van der Waals surface area (Å²) in [6.07, 6.45) is 0.205. The van der Waals surface area contributed by atoms with Gasteiger partial charge in [0, 0.05) is 26.7 Å². The molecule has 0 aliphatic carbocycles. The highest BCUT2D eigenvalue weighted by atomic mass is 16.5. The van der Waals surface area contributed by atoms with Crippen LogP contribution in [0.25, 0.3) is 0 Å². The minimum atomic E-state index is -0.740. The first-order chi connectivity index (χ1) is 6.56. The summed E-state index contributed by atoms with van der Waals surface area (Å²) in [6, 6.07) is 0. The van der Waals surface area contributed by atoms with Gasteiger partial charge in [0.25, 0.3) is 0 Å². The van der Waals surface area contributed by atoms with E-state index in [-0.39, 0.29) is 6.42 Å². The molecule has 0 aromatic rings. The molecule has 84 valence electrons. The van der Waals surface area contributed by atoms with Crippen molar-refractivity contribution in [2.24, 2.45) is 5.92 Å². The van der Waals surface area contributed by atoms with Crippen LogP contribution in [0.15, 0.2) is 0 Å². The quantitative estimate of drug-likeness (QED) is 0.641. The fourth-order valence-corrected chi connectivity index (χ4v) is 1.28. The number of carboxylic acids is 1. The molecular formula is C10H21NO3. The highest BCUT2D eigenvalue weighted by molar-refractivity contribution is 5.66. The van der Waals surface area contributed by atoms with Crippen molar-refractivity contribution in [3.05, 3.63) is 0 Å². The maximum atomic E-state index is 10.4. The Labute approximate surface area is 85.9 Å². The fourth-order valence-electron chi connectivity index (χ4n) is 1.28. The molecule has 0 rings (SSSR count). The average Bonchev–Trinajstić information content (AvgIpc) is 2.09.